The molecule has 0 radical (unpaired) electrons. The molecular weight excluding hydrogens is 268 g/mol. The second-order valence-corrected chi connectivity index (χ2v) is 4.62. The average Bonchev–Trinajstić information content (AvgIpc) is 2.50. The molecule has 2 aromatic carbocycles. The molecule has 1 atom stereocenters. The normalized spacial score (nSPS) is 12.2. The molecule has 0 bridgehead atoms. The summed E-state index contributed by atoms with van der Waals surface area (Å²) in [6, 6.07) is 13.5. The lowest BCUT2D eigenvalue weighted by Gasteiger charge is -2.06. The first-order chi connectivity index (χ1) is 10.1. The molecule has 5 heteroatoms. The minimum Gasteiger partial charge on any atom is -0.508 e. The summed E-state index contributed by atoms with van der Waals surface area (Å²) < 4.78 is 0. The van der Waals surface area contributed by atoms with Crippen LogP contribution in [0.25, 0.3) is 0 Å². The van der Waals surface area contributed by atoms with Crippen molar-refractivity contribution in [2.24, 2.45) is 5.10 Å². The summed E-state index contributed by atoms with van der Waals surface area (Å²) in [4.78, 5) is 11.8. The molecule has 0 spiro atoms. The Kier molecular flexibility index (Phi) is 4.56. The number of carbonyl (C=O) groups excluding carboxylic acids is 1. The van der Waals surface area contributed by atoms with Crippen LogP contribution in [0.4, 0.5) is 0 Å². The highest BCUT2D eigenvalue weighted by atomic mass is 16.3. The predicted molar refractivity (Wildman–Crippen MR) is 80.6 cm³/mol. The molecule has 0 fully saturated rings. The number of rotatable bonds is 4. The van der Waals surface area contributed by atoms with Crippen molar-refractivity contribution in [3.05, 3.63) is 59.7 Å². The quantitative estimate of drug-likeness (QED) is 0.458. The zero-order valence-electron chi connectivity index (χ0n) is 11.5. The first kappa shape index (κ1) is 14.6. The number of hydrogen-bond acceptors (Lipinski definition) is 4. The number of benzene rings is 2. The Balaban J connectivity index is 2.01. The van der Waals surface area contributed by atoms with E-state index in [0.717, 1.165) is 5.56 Å². The van der Waals surface area contributed by atoms with E-state index in [4.69, 9.17) is 0 Å². The molecule has 0 aliphatic rings. The van der Waals surface area contributed by atoms with Gasteiger partial charge in [-0.1, -0.05) is 37.3 Å². The van der Waals surface area contributed by atoms with Crippen LogP contribution in [-0.2, 0) is 0 Å². The molecule has 0 saturated carbocycles. The van der Waals surface area contributed by atoms with Crippen LogP contribution in [0.5, 0.6) is 11.5 Å². The largest absolute Gasteiger partial charge is 0.508 e. The van der Waals surface area contributed by atoms with Crippen LogP contribution in [0, 0.1) is 0 Å². The standard InChI is InChI=1S/C16H16N2O3/c1-11(12-5-3-2-4-6-12)10-17-18-16(21)14-9-13(19)7-8-15(14)20/h2-11,19-20H,1H3,(H,18,21). The Bertz CT molecular complexity index is 654. The van der Waals surface area contributed by atoms with Gasteiger partial charge in [0.15, 0.2) is 0 Å². The Morgan fingerprint density at radius 3 is 2.62 bits per heavy atom. The minimum atomic E-state index is -0.583. The predicted octanol–water partition coefficient (Wildman–Crippen LogP) is 2.62. The SMILES string of the molecule is CC(C=NNC(=O)c1cc(O)ccc1O)c1ccccc1. The Labute approximate surface area is 122 Å². The van der Waals surface area contributed by atoms with Crippen molar-refractivity contribution in [1.29, 1.82) is 0 Å². The zero-order valence-corrected chi connectivity index (χ0v) is 11.5. The number of hydrazone groups is 1. The van der Waals surface area contributed by atoms with E-state index in [1.54, 1.807) is 6.21 Å². The third-order valence-corrected chi connectivity index (χ3v) is 3.01. The highest BCUT2D eigenvalue weighted by Gasteiger charge is 2.11. The summed E-state index contributed by atoms with van der Waals surface area (Å²) in [7, 11) is 0. The fourth-order valence-corrected chi connectivity index (χ4v) is 1.82. The number of carbonyl (C=O) groups is 1. The molecule has 5 nitrogen and oxygen atoms in total. The van der Waals surface area contributed by atoms with Crippen LogP contribution in [0.15, 0.2) is 53.6 Å². The van der Waals surface area contributed by atoms with E-state index < -0.39 is 5.91 Å². The topological polar surface area (TPSA) is 81.9 Å². The first-order valence-corrected chi connectivity index (χ1v) is 6.48. The number of phenols is 2. The van der Waals surface area contributed by atoms with Gasteiger partial charge in [-0.2, -0.15) is 5.10 Å². The number of hydrogen-bond donors (Lipinski definition) is 3. The lowest BCUT2D eigenvalue weighted by atomic mass is 10.0. The van der Waals surface area contributed by atoms with Gasteiger partial charge in [-0.3, -0.25) is 4.79 Å². The van der Waals surface area contributed by atoms with Gasteiger partial charge in [0, 0.05) is 12.1 Å². The monoisotopic (exact) mass is 284 g/mol. The van der Waals surface area contributed by atoms with E-state index in [-0.39, 0.29) is 23.0 Å². The van der Waals surface area contributed by atoms with Gasteiger partial charge in [0.1, 0.15) is 11.5 Å². The third-order valence-electron chi connectivity index (χ3n) is 3.01. The highest BCUT2D eigenvalue weighted by Crippen LogP contribution is 2.21. The molecule has 21 heavy (non-hydrogen) atoms. The lowest BCUT2D eigenvalue weighted by Crippen LogP contribution is -2.18. The van der Waals surface area contributed by atoms with Crippen LogP contribution >= 0.6 is 0 Å². The van der Waals surface area contributed by atoms with Crippen molar-refractivity contribution in [2.75, 3.05) is 0 Å². The van der Waals surface area contributed by atoms with Gasteiger partial charge < -0.3 is 10.2 Å². The van der Waals surface area contributed by atoms with Crippen molar-refractivity contribution in [3.8, 4) is 11.5 Å². The summed E-state index contributed by atoms with van der Waals surface area (Å²) in [6.07, 6.45) is 1.60. The second-order valence-electron chi connectivity index (χ2n) is 4.62. The third kappa shape index (κ3) is 3.82. The smallest absolute Gasteiger partial charge is 0.275 e. The summed E-state index contributed by atoms with van der Waals surface area (Å²) in [5.74, 6) is -0.847. The fourth-order valence-electron chi connectivity index (χ4n) is 1.82. The fraction of sp³-hybridized carbons (Fsp3) is 0.125. The van der Waals surface area contributed by atoms with E-state index in [1.165, 1.54) is 18.2 Å². The van der Waals surface area contributed by atoms with Gasteiger partial charge in [-0.15, -0.1) is 0 Å². The first-order valence-electron chi connectivity index (χ1n) is 6.48. The van der Waals surface area contributed by atoms with Crippen molar-refractivity contribution in [1.82, 2.24) is 5.43 Å². The molecule has 0 aromatic heterocycles. The van der Waals surface area contributed by atoms with E-state index >= 15 is 0 Å². The van der Waals surface area contributed by atoms with Crippen LogP contribution in [0.3, 0.4) is 0 Å². The molecule has 0 aliphatic carbocycles. The maximum absolute atomic E-state index is 11.8. The van der Waals surface area contributed by atoms with Crippen molar-refractivity contribution in [2.45, 2.75) is 12.8 Å². The van der Waals surface area contributed by atoms with Crippen molar-refractivity contribution in [3.63, 3.8) is 0 Å². The minimum absolute atomic E-state index is 0.0282. The van der Waals surface area contributed by atoms with E-state index in [9.17, 15) is 15.0 Å². The van der Waals surface area contributed by atoms with Crippen LogP contribution in [-0.4, -0.2) is 22.3 Å². The van der Waals surface area contributed by atoms with E-state index in [1.807, 2.05) is 37.3 Å². The molecule has 1 unspecified atom stereocenters. The number of phenolic OH excluding ortho intramolecular Hbond substituents is 2. The van der Waals surface area contributed by atoms with Gasteiger partial charge in [-0.25, -0.2) is 5.43 Å². The molecule has 2 rings (SSSR count). The van der Waals surface area contributed by atoms with Crippen molar-refractivity contribution < 1.29 is 15.0 Å². The van der Waals surface area contributed by atoms with Gasteiger partial charge in [0.2, 0.25) is 0 Å². The van der Waals surface area contributed by atoms with Crippen LogP contribution in [0.1, 0.15) is 28.8 Å². The second kappa shape index (κ2) is 6.56. The van der Waals surface area contributed by atoms with Gasteiger partial charge in [0.05, 0.1) is 5.56 Å². The molecule has 108 valence electrons. The number of nitrogens with zero attached hydrogens (tertiary/aromatic N) is 1. The van der Waals surface area contributed by atoms with Crippen LogP contribution < -0.4 is 5.43 Å². The molecule has 3 N–H and O–H groups in total. The summed E-state index contributed by atoms with van der Waals surface area (Å²) in [5.41, 5.74) is 3.38. The van der Waals surface area contributed by atoms with Gasteiger partial charge >= 0.3 is 0 Å². The highest BCUT2D eigenvalue weighted by molar-refractivity contribution is 5.97. The molecule has 2 aromatic rings. The summed E-state index contributed by atoms with van der Waals surface area (Å²) >= 11 is 0. The maximum atomic E-state index is 11.8. The Hall–Kier alpha value is -2.82. The van der Waals surface area contributed by atoms with E-state index in [2.05, 4.69) is 10.5 Å². The Morgan fingerprint density at radius 2 is 1.90 bits per heavy atom. The maximum Gasteiger partial charge on any atom is 0.275 e. The van der Waals surface area contributed by atoms with Crippen LogP contribution in [0.2, 0.25) is 0 Å². The number of aromatic hydroxyl groups is 2. The number of nitrogens with one attached hydrogen (secondary N) is 1. The van der Waals surface area contributed by atoms with Gasteiger partial charge in [-0.05, 0) is 23.8 Å². The molecule has 0 aliphatic heterocycles. The molecule has 0 saturated heterocycles. The lowest BCUT2D eigenvalue weighted by molar-refractivity contribution is 0.0952. The molecule has 1 amide bonds. The molecule has 0 heterocycles. The van der Waals surface area contributed by atoms with E-state index in [0.29, 0.717) is 0 Å². The molecular formula is C16H16N2O3. The summed E-state index contributed by atoms with van der Waals surface area (Å²) in [6.45, 7) is 1.96. The summed E-state index contributed by atoms with van der Waals surface area (Å²) in [5, 5.41) is 22.8. The number of amides is 1. The zero-order chi connectivity index (χ0) is 15.2. The van der Waals surface area contributed by atoms with Crippen molar-refractivity contribution >= 4 is 12.1 Å². The Morgan fingerprint density at radius 1 is 1.19 bits per heavy atom. The average molecular weight is 284 g/mol. The van der Waals surface area contributed by atoms with Gasteiger partial charge in [0.25, 0.3) is 5.91 Å².